The molecule has 0 spiro atoms. The lowest BCUT2D eigenvalue weighted by Gasteiger charge is -2.30. The van der Waals surface area contributed by atoms with E-state index in [1.54, 1.807) is 17.9 Å². The average Bonchev–Trinajstić information content (AvgIpc) is 2.81. The van der Waals surface area contributed by atoms with Gasteiger partial charge in [0.15, 0.2) is 0 Å². The molecule has 2 amide bonds. The number of aryl methyl sites for hydroxylation is 2. The van der Waals surface area contributed by atoms with Crippen LogP contribution in [0.1, 0.15) is 56.7 Å². The Morgan fingerprint density at radius 3 is 2.23 bits per heavy atom. The summed E-state index contributed by atoms with van der Waals surface area (Å²) in [5.74, 6) is -0.384. The van der Waals surface area contributed by atoms with E-state index in [1.807, 2.05) is 70.2 Å². The van der Waals surface area contributed by atoms with Crippen molar-refractivity contribution in [2.75, 3.05) is 17.1 Å². The van der Waals surface area contributed by atoms with E-state index in [1.165, 1.54) is 10.6 Å². The zero-order valence-electron chi connectivity index (χ0n) is 21.7. The maximum Gasteiger partial charge on any atom is 0.242 e. The molecule has 8 heteroatoms. The summed E-state index contributed by atoms with van der Waals surface area (Å²) in [7, 11) is -3.52. The average molecular weight is 502 g/mol. The van der Waals surface area contributed by atoms with E-state index in [-0.39, 0.29) is 30.8 Å². The molecule has 0 aliphatic carbocycles. The molecule has 0 heterocycles. The van der Waals surface area contributed by atoms with Gasteiger partial charge in [0.25, 0.3) is 0 Å². The van der Waals surface area contributed by atoms with E-state index in [4.69, 9.17) is 0 Å². The number of carbonyl (C=O) groups excluding carboxylic acids is 2. The van der Waals surface area contributed by atoms with Crippen molar-refractivity contribution in [3.63, 3.8) is 0 Å². The topological polar surface area (TPSA) is 86.8 Å². The smallest absolute Gasteiger partial charge is 0.242 e. The van der Waals surface area contributed by atoms with Crippen LogP contribution in [0.5, 0.6) is 0 Å². The number of nitrogens with zero attached hydrogens (tertiary/aromatic N) is 2. The monoisotopic (exact) mass is 501 g/mol. The van der Waals surface area contributed by atoms with Crippen molar-refractivity contribution < 1.29 is 18.0 Å². The quantitative estimate of drug-likeness (QED) is 0.473. The summed E-state index contributed by atoms with van der Waals surface area (Å²) in [5, 5.41) is 2.96. The van der Waals surface area contributed by atoms with Gasteiger partial charge < -0.3 is 10.2 Å². The number of carbonyl (C=O) groups is 2. The number of sulfonamides is 1. The summed E-state index contributed by atoms with van der Waals surface area (Å²) in [6.07, 6.45) is 2.44. The van der Waals surface area contributed by atoms with E-state index in [9.17, 15) is 18.0 Å². The van der Waals surface area contributed by atoms with Crippen LogP contribution in [0, 0.1) is 13.8 Å². The predicted octanol–water partition coefficient (Wildman–Crippen LogP) is 4.18. The summed E-state index contributed by atoms with van der Waals surface area (Å²) in [4.78, 5) is 27.7. The normalized spacial score (nSPS) is 13.1. The summed E-state index contributed by atoms with van der Waals surface area (Å²) in [5.41, 5.74) is 3.60. The van der Waals surface area contributed by atoms with Crippen LogP contribution in [-0.2, 0) is 26.2 Å². The summed E-state index contributed by atoms with van der Waals surface area (Å²) in [6, 6.07) is 14.4. The number of amides is 2. The number of benzene rings is 2. The highest BCUT2D eigenvalue weighted by Gasteiger charge is 2.27. The molecule has 192 valence electrons. The Balaban J connectivity index is 2.16. The van der Waals surface area contributed by atoms with E-state index in [0.29, 0.717) is 18.7 Å². The van der Waals surface area contributed by atoms with Crippen LogP contribution in [-0.4, -0.2) is 50.0 Å². The second-order valence-corrected chi connectivity index (χ2v) is 11.1. The number of nitrogens with one attached hydrogen (secondary N) is 1. The van der Waals surface area contributed by atoms with Crippen molar-refractivity contribution >= 4 is 27.5 Å². The predicted molar refractivity (Wildman–Crippen MR) is 142 cm³/mol. The summed E-state index contributed by atoms with van der Waals surface area (Å²) in [6.45, 7) is 10.1. The Hall–Kier alpha value is -2.87. The minimum Gasteiger partial charge on any atom is -0.352 e. The van der Waals surface area contributed by atoms with Crippen molar-refractivity contribution in [2.24, 2.45) is 0 Å². The third kappa shape index (κ3) is 8.38. The molecule has 2 rings (SSSR count). The highest BCUT2D eigenvalue weighted by atomic mass is 32.2. The van der Waals surface area contributed by atoms with Gasteiger partial charge in [-0.05, 0) is 69.4 Å². The largest absolute Gasteiger partial charge is 0.352 e. The van der Waals surface area contributed by atoms with Crippen LogP contribution in [0.15, 0.2) is 48.5 Å². The van der Waals surface area contributed by atoms with Crippen LogP contribution >= 0.6 is 0 Å². The SMILES string of the molecule is CCC(C)NC(=O)C(C)N(Cc1ccccc1)C(=O)CCCN(c1ccc(C)c(C)c1)S(C)(=O)=O. The molecule has 0 aliphatic heterocycles. The standard InChI is InChI=1S/C27H39N3O4S/c1-7-22(4)28-27(32)23(5)29(19-24-12-9-8-10-13-24)26(31)14-11-17-30(35(6,33)34)25-16-15-20(2)21(3)18-25/h8-10,12-13,15-16,18,22-23H,7,11,14,17,19H2,1-6H3,(H,28,32). The zero-order chi connectivity index (χ0) is 26.2. The molecule has 0 saturated carbocycles. The fourth-order valence-corrected chi connectivity index (χ4v) is 4.67. The number of hydrogen-bond acceptors (Lipinski definition) is 4. The molecule has 0 aromatic heterocycles. The minimum absolute atomic E-state index is 0.0138. The number of hydrogen-bond donors (Lipinski definition) is 1. The first-order valence-electron chi connectivity index (χ1n) is 12.1. The lowest BCUT2D eigenvalue weighted by molar-refractivity contribution is -0.140. The number of anilines is 1. The molecule has 0 aliphatic rings. The Bertz CT molecular complexity index is 1100. The molecule has 1 N–H and O–H groups in total. The minimum atomic E-state index is -3.52. The molecule has 2 unspecified atom stereocenters. The lowest BCUT2D eigenvalue weighted by atomic mass is 10.1. The molecule has 0 bridgehead atoms. The van der Waals surface area contributed by atoms with Crippen molar-refractivity contribution in [1.29, 1.82) is 0 Å². The molecule has 2 aromatic carbocycles. The van der Waals surface area contributed by atoms with E-state index in [0.717, 1.165) is 23.1 Å². The third-order valence-electron chi connectivity index (χ3n) is 6.29. The fraction of sp³-hybridized carbons (Fsp3) is 0.481. The van der Waals surface area contributed by atoms with Crippen molar-refractivity contribution in [3.8, 4) is 0 Å². The van der Waals surface area contributed by atoms with Gasteiger partial charge in [-0.3, -0.25) is 13.9 Å². The van der Waals surface area contributed by atoms with Gasteiger partial charge in [-0.15, -0.1) is 0 Å². The second kappa shape index (κ2) is 12.7. The van der Waals surface area contributed by atoms with Gasteiger partial charge in [-0.2, -0.15) is 0 Å². The highest BCUT2D eigenvalue weighted by molar-refractivity contribution is 7.92. The molecule has 0 fully saturated rings. The third-order valence-corrected chi connectivity index (χ3v) is 7.49. The van der Waals surface area contributed by atoms with Crippen LogP contribution < -0.4 is 9.62 Å². The van der Waals surface area contributed by atoms with Crippen molar-refractivity contribution in [1.82, 2.24) is 10.2 Å². The van der Waals surface area contributed by atoms with Gasteiger partial charge in [0, 0.05) is 25.6 Å². The van der Waals surface area contributed by atoms with E-state index < -0.39 is 16.1 Å². The molecule has 2 atom stereocenters. The molecule has 2 aromatic rings. The Labute approximate surface area is 210 Å². The molecular weight excluding hydrogens is 462 g/mol. The van der Waals surface area contributed by atoms with Gasteiger partial charge in [-0.25, -0.2) is 8.42 Å². The second-order valence-electron chi connectivity index (χ2n) is 9.21. The number of rotatable bonds is 12. The maximum absolute atomic E-state index is 13.3. The molecular formula is C27H39N3O4S. The van der Waals surface area contributed by atoms with Gasteiger partial charge in [0.05, 0.1) is 11.9 Å². The van der Waals surface area contributed by atoms with Gasteiger partial charge >= 0.3 is 0 Å². The van der Waals surface area contributed by atoms with Crippen LogP contribution in [0.2, 0.25) is 0 Å². The highest BCUT2D eigenvalue weighted by Crippen LogP contribution is 2.22. The van der Waals surface area contributed by atoms with Gasteiger partial charge in [0.1, 0.15) is 6.04 Å². The first-order chi connectivity index (χ1) is 16.4. The van der Waals surface area contributed by atoms with Gasteiger partial charge in [0.2, 0.25) is 21.8 Å². The Morgan fingerprint density at radius 1 is 1.00 bits per heavy atom. The molecule has 0 saturated heterocycles. The Morgan fingerprint density at radius 2 is 1.66 bits per heavy atom. The van der Waals surface area contributed by atoms with Crippen LogP contribution in [0.3, 0.4) is 0 Å². The first-order valence-corrected chi connectivity index (χ1v) is 14.0. The van der Waals surface area contributed by atoms with Gasteiger partial charge in [-0.1, -0.05) is 43.3 Å². The fourth-order valence-electron chi connectivity index (χ4n) is 3.71. The molecule has 0 radical (unpaired) electrons. The summed E-state index contributed by atoms with van der Waals surface area (Å²) < 4.78 is 26.3. The van der Waals surface area contributed by atoms with Crippen molar-refractivity contribution in [3.05, 3.63) is 65.2 Å². The van der Waals surface area contributed by atoms with Crippen LogP contribution in [0.25, 0.3) is 0 Å². The first kappa shape index (κ1) is 28.4. The van der Waals surface area contributed by atoms with Crippen LogP contribution in [0.4, 0.5) is 5.69 Å². The molecule has 7 nitrogen and oxygen atoms in total. The Kier molecular flexibility index (Phi) is 10.3. The summed E-state index contributed by atoms with van der Waals surface area (Å²) >= 11 is 0. The van der Waals surface area contributed by atoms with E-state index >= 15 is 0 Å². The zero-order valence-corrected chi connectivity index (χ0v) is 22.6. The molecule has 35 heavy (non-hydrogen) atoms. The van der Waals surface area contributed by atoms with Crippen molar-refractivity contribution in [2.45, 2.75) is 72.5 Å². The van der Waals surface area contributed by atoms with E-state index in [2.05, 4.69) is 5.32 Å². The lowest BCUT2D eigenvalue weighted by Crippen LogP contribution is -2.49. The maximum atomic E-state index is 13.3.